The van der Waals surface area contributed by atoms with E-state index in [9.17, 15) is 9.59 Å². The van der Waals surface area contributed by atoms with E-state index < -0.39 is 5.63 Å². The van der Waals surface area contributed by atoms with Gasteiger partial charge in [-0.2, -0.15) is 0 Å². The maximum absolute atomic E-state index is 12.2. The first-order valence-electron chi connectivity index (χ1n) is 9.02. The van der Waals surface area contributed by atoms with Gasteiger partial charge in [-0.1, -0.05) is 35.3 Å². The molecule has 0 unspecified atom stereocenters. The predicted molar refractivity (Wildman–Crippen MR) is 115 cm³/mol. The van der Waals surface area contributed by atoms with E-state index in [1.54, 1.807) is 36.2 Å². The van der Waals surface area contributed by atoms with Crippen molar-refractivity contribution in [2.24, 2.45) is 0 Å². The van der Waals surface area contributed by atoms with Crippen molar-refractivity contribution in [1.29, 1.82) is 0 Å². The van der Waals surface area contributed by atoms with Crippen LogP contribution in [0.5, 0.6) is 5.75 Å². The molecule has 3 aromatic rings. The van der Waals surface area contributed by atoms with E-state index in [1.807, 2.05) is 18.2 Å². The second kappa shape index (κ2) is 9.67. The number of rotatable bonds is 8. The number of nitrogens with zero attached hydrogens (tertiary/aromatic N) is 1. The molecule has 0 fully saturated rings. The summed E-state index contributed by atoms with van der Waals surface area (Å²) in [6.45, 7) is 1.01. The van der Waals surface area contributed by atoms with Crippen molar-refractivity contribution in [2.75, 3.05) is 32.1 Å². The molecular weight excluding hydrogens is 415 g/mol. The fourth-order valence-corrected chi connectivity index (χ4v) is 3.23. The molecule has 6 nitrogen and oxygen atoms in total. The van der Waals surface area contributed by atoms with Crippen LogP contribution in [0.25, 0.3) is 11.0 Å². The smallest absolute Gasteiger partial charge is 0.338 e. The number of likely N-dealkylation sites (N-methyl/N-ethyl adjacent to an activating group) is 1. The predicted octanol–water partition coefficient (Wildman–Crippen LogP) is 4.44. The van der Waals surface area contributed by atoms with Crippen molar-refractivity contribution >= 4 is 45.8 Å². The van der Waals surface area contributed by atoms with Crippen LogP contribution in [0.2, 0.25) is 10.0 Å². The molecule has 0 atom stereocenters. The number of hydrogen-bond acceptors (Lipinski definition) is 5. The minimum absolute atomic E-state index is 0.115. The third-order valence-corrected chi connectivity index (χ3v) is 4.84. The van der Waals surface area contributed by atoms with Crippen LogP contribution in [0, 0.1) is 0 Å². The van der Waals surface area contributed by atoms with Crippen molar-refractivity contribution in [3.05, 3.63) is 69.0 Å². The summed E-state index contributed by atoms with van der Waals surface area (Å²) in [5.41, 5.74) is 0.843. The van der Waals surface area contributed by atoms with Crippen molar-refractivity contribution in [2.45, 2.75) is 6.42 Å². The second-order valence-electron chi connectivity index (χ2n) is 6.43. The summed E-state index contributed by atoms with van der Waals surface area (Å²) in [4.78, 5) is 25.5. The van der Waals surface area contributed by atoms with Crippen LogP contribution >= 0.6 is 23.2 Å². The monoisotopic (exact) mass is 434 g/mol. The Balaban J connectivity index is 1.47. The molecule has 1 N–H and O–H groups in total. The first-order chi connectivity index (χ1) is 13.9. The molecule has 3 rings (SSSR count). The van der Waals surface area contributed by atoms with Gasteiger partial charge in [-0.15, -0.1) is 0 Å². The van der Waals surface area contributed by atoms with Crippen LogP contribution < -0.4 is 15.7 Å². The molecule has 1 heterocycles. The molecule has 0 aliphatic heterocycles. The van der Waals surface area contributed by atoms with Crippen LogP contribution in [0.1, 0.15) is 6.42 Å². The molecule has 29 heavy (non-hydrogen) atoms. The Labute approximate surface area is 178 Å². The third kappa shape index (κ3) is 5.65. The van der Waals surface area contributed by atoms with E-state index >= 15 is 0 Å². The number of carbonyl (C=O) groups is 1. The normalized spacial score (nSPS) is 10.7. The molecule has 2 aromatic carbocycles. The highest BCUT2D eigenvalue weighted by Crippen LogP contribution is 2.27. The number of hydrogen-bond donors (Lipinski definition) is 1. The van der Waals surface area contributed by atoms with Gasteiger partial charge >= 0.3 is 5.63 Å². The summed E-state index contributed by atoms with van der Waals surface area (Å²) < 4.78 is 10.6. The van der Waals surface area contributed by atoms with Crippen LogP contribution in [-0.2, 0) is 4.79 Å². The van der Waals surface area contributed by atoms with E-state index in [0.29, 0.717) is 46.6 Å². The Morgan fingerprint density at radius 3 is 2.76 bits per heavy atom. The average Bonchev–Trinajstić information content (AvgIpc) is 2.69. The standard InChI is InChI=1S/C21H20Cl2N2O4/c1-25(20(26)13-28-19-8-7-14(22)11-16(19)23)10-4-9-24-17-12-21(27)29-18-6-3-2-5-15(17)18/h2-3,5-8,11-12,24H,4,9-10,13H2,1H3. The van der Waals surface area contributed by atoms with Gasteiger partial charge in [0.15, 0.2) is 6.61 Å². The minimum atomic E-state index is -0.406. The Bertz CT molecular complexity index is 1070. The summed E-state index contributed by atoms with van der Waals surface area (Å²) in [6.07, 6.45) is 0.693. The van der Waals surface area contributed by atoms with E-state index in [2.05, 4.69) is 5.32 Å². The number of anilines is 1. The number of ether oxygens (including phenoxy) is 1. The van der Waals surface area contributed by atoms with Gasteiger partial charge in [-0.25, -0.2) is 4.79 Å². The van der Waals surface area contributed by atoms with Crippen LogP contribution in [0.15, 0.2) is 57.7 Å². The number of para-hydroxylation sites is 1. The fraction of sp³-hybridized carbons (Fsp3) is 0.238. The number of fused-ring (bicyclic) bond motifs is 1. The maximum Gasteiger partial charge on any atom is 0.338 e. The Morgan fingerprint density at radius 2 is 1.97 bits per heavy atom. The Hall–Kier alpha value is -2.70. The topological polar surface area (TPSA) is 71.8 Å². The van der Waals surface area contributed by atoms with Gasteiger partial charge in [-0.3, -0.25) is 4.79 Å². The molecule has 0 bridgehead atoms. The summed E-state index contributed by atoms with van der Waals surface area (Å²) in [6, 6.07) is 13.6. The summed E-state index contributed by atoms with van der Waals surface area (Å²) in [5.74, 6) is 0.246. The number of benzene rings is 2. The van der Waals surface area contributed by atoms with Crippen LogP contribution in [0.3, 0.4) is 0 Å². The van der Waals surface area contributed by atoms with E-state index in [0.717, 1.165) is 5.39 Å². The molecule has 0 aliphatic carbocycles. The van der Waals surface area contributed by atoms with Crippen molar-refractivity contribution in [3.8, 4) is 5.75 Å². The molecule has 0 aliphatic rings. The lowest BCUT2D eigenvalue weighted by molar-refractivity contribution is -0.132. The minimum Gasteiger partial charge on any atom is -0.482 e. The quantitative estimate of drug-likeness (QED) is 0.419. The van der Waals surface area contributed by atoms with Gasteiger partial charge in [0, 0.05) is 36.6 Å². The lowest BCUT2D eigenvalue weighted by Gasteiger charge is -2.18. The molecule has 152 valence electrons. The number of amides is 1. The summed E-state index contributed by atoms with van der Waals surface area (Å²) >= 11 is 11.9. The summed E-state index contributed by atoms with van der Waals surface area (Å²) in [5, 5.41) is 4.93. The van der Waals surface area contributed by atoms with Gasteiger partial charge in [-0.05, 0) is 36.8 Å². The van der Waals surface area contributed by atoms with E-state index in [1.165, 1.54) is 6.07 Å². The number of halogens is 2. The molecule has 8 heteroatoms. The zero-order valence-electron chi connectivity index (χ0n) is 15.8. The van der Waals surface area contributed by atoms with Crippen LogP contribution in [-0.4, -0.2) is 37.6 Å². The maximum atomic E-state index is 12.2. The third-order valence-electron chi connectivity index (χ3n) is 4.31. The highest BCUT2D eigenvalue weighted by Gasteiger charge is 2.11. The van der Waals surface area contributed by atoms with Gasteiger partial charge in [0.25, 0.3) is 5.91 Å². The number of carbonyl (C=O) groups excluding carboxylic acids is 1. The van der Waals surface area contributed by atoms with Gasteiger partial charge < -0.3 is 19.4 Å². The molecule has 0 saturated heterocycles. The zero-order valence-corrected chi connectivity index (χ0v) is 17.3. The van der Waals surface area contributed by atoms with Crippen LogP contribution in [0.4, 0.5) is 5.69 Å². The first-order valence-corrected chi connectivity index (χ1v) is 9.78. The highest BCUT2D eigenvalue weighted by molar-refractivity contribution is 6.35. The fourth-order valence-electron chi connectivity index (χ4n) is 2.76. The van der Waals surface area contributed by atoms with Crippen molar-refractivity contribution in [3.63, 3.8) is 0 Å². The SMILES string of the molecule is CN(CCCNc1cc(=O)oc2ccccc12)C(=O)COc1ccc(Cl)cc1Cl. The molecule has 0 spiro atoms. The average molecular weight is 435 g/mol. The van der Waals surface area contributed by atoms with Gasteiger partial charge in [0.05, 0.1) is 10.7 Å². The first kappa shape index (κ1) is 21.0. The lowest BCUT2D eigenvalue weighted by Crippen LogP contribution is -2.33. The number of nitrogens with one attached hydrogen (secondary N) is 1. The van der Waals surface area contributed by atoms with Crippen molar-refractivity contribution in [1.82, 2.24) is 4.90 Å². The molecule has 0 saturated carbocycles. The molecule has 0 radical (unpaired) electrons. The van der Waals surface area contributed by atoms with E-state index in [4.69, 9.17) is 32.4 Å². The second-order valence-corrected chi connectivity index (χ2v) is 7.28. The van der Waals surface area contributed by atoms with E-state index in [-0.39, 0.29) is 12.5 Å². The van der Waals surface area contributed by atoms with Crippen molar-refractivity contribution < 1.29 is 13.9 Å². The molecule has 1 aromatic heterocycles. The van der Waals surface area contributed by atoms with Gasteiger partial charge in [0.2, 0.25) is 0 Å². The zero-order chi connectivity index (χ0) is 20.8. The Kier molecular flexibility index (Phi) is 7.01. The van der Waals surface area contributed by atoms with Gasteiger partial charge in [0.1, 0.15) is 11.3 Å². The molecular formula is C21H20Cl2N2O4. The lowest BCUT2D eigenvalue weighted by atomic mass is 10.2. The highest BCUT2D eigenvalue weighted by atomic mass is 35.5. The Morgan fingerprint density at radius 1 is 1.17 bits per heavy atom. The summed E-state index contributed by atoms with van der Waals surface area (Å²) in [7, 11) is 1.71. The largest absolute Gasteiger partial charge is 0.482 e. The molecule has 1 amide bonds.